The van der Waals surface area contributed by atoms with E-state index in [1.807, 2.05) is 0 Å². The van der Waals surface area contributed by atoms with Gasteiger partial charge in [0.05, 0.1) is 0 Å². The summed E-state index contributed by atoms with van der Waals surface area (Å²) in [6, 6.07) is 0. The van der Waals surface area contributed by atoms with Gasteiger partial charge in [-0.05, 0) is 13.8 Å². The first kappa shape index (κ1) is 5.16. The largest absolute Gasteiger partial charge is 0.287 e. The first-order valence-corrected chi connectivity index (χ1v) is 3.14. The van der Waals surface area contributed by atoms with E-state index in [9.17, 15) is 4.79 Å². The lowest BCUT2D eigenvalue weighted by Gasteiger charge is -2.30. The zero-order chi connectivity index (χ0) is 5.49. The lowest BCUT2D eigenvalue weighted by molar-refractivity contribution is -0.112. The van der Waals surface area contributed by atoms with Crippen LogP contribution >= 0.6 is 11.8 Å². The van der Waals surface area contributed by atoms with Gasteiger partial charge in [0.2, 0.25) is 0 Å². The highest BCUT2D eigenvalue weighted by Gasteiger charge is 2.35. The molecule has 1 nitrogen and oxygen atoms in total. The van der Waals surface area contributed by atoms with Crippen LogP contribution in [0.1, 0.15) is 20.3 Å². The fraction of sp³-hybridized carbons (Fsp3) is 0.800. The minimum absolute atomic E-state index is 0.261. The van der Waals surface area contributed by atoms with E-state index in [2.05, 4.69) is 13.8 Å². The third-order valence-corrected chi connectivity index (χ3v) is 2.03. The van der Waals surface area contributed by atoms with Crippen LogP contribution in [0, 0.1) is 0 Å². The van der Waals surface area contributed by atoms with Crippen molar-refractivity contribution < 1.29 is 4.79 Å². The molecule has 0 aromatic rings. The summed E-state index contributed by atoms with van der Waals surface area (Å²) in [4.78, 5) is 10.3. The Morgan fingerprint density at radius 3 is 2.14 bits per heavy atom. The Morgan fingerprint density at radius 2 is 2.14 bits per heavy atom. The van der Waals surface area contributed by atoms with Crippen molar-refractivity contribution in [2.45, 2.75) is 25.0 Å². The zero-order valence-electron chi connectivity index (χ0n) is 4.52. The SMILES string of the molecule is CC1(C)CC(=O)S1. The smallest absolute Gasteiger partial charge is 0.190 e. The monoisotopic (exact) mass is 116 g/mol. The molecule has 0 radical (unpaired) electrons. The van der Waals surface area contributed by atoms with E-state index in [4.69, 9.17) is 0 Å². The molecule has 1 heterocycles. The average Bonchev–Trinajstić information content (AvgIpc) is 1.27. The van der Waals surface area contributed by atoms with E-state index < -0.39 is 0 Å². The van der Waals surface area contributed by atoms with E-state index in [0.717, 1.165) is 6.42 Å². The van der Waals surface area contributed by atoms with Crippen molar-refractivity contribution in [2.24, 2.45) is 0 Å². The summed E-state index contributed by atoms with van der Waals surface area (Å²) in [7, 11) is 0. The van der Waals surface area contributed by atoms with Gasteiger partial charge in [0.15, 0.2) is 5.12 Å². The number of rotatable bonds is 0. The molecule has 0 aliphatic carbocycles. The lowest BCUT2D eigenvalue weighted by atomic mass is 10.1. The van der Waals surface area contributed by atoms with Crippen LogP contribution in [0.4, 0.5) is 0 Å². The molecule has 1 aliphatic heterocycles. The first-order valence-electron chi connectivity index (χ1n) is 2.32. The van der Waals surface area contributed by atoms with Crippen LogP contribution < -0.4 is 0 Å². The van der Waals surface area contributed by atoms with Crippen molar-refractivity contribution in [3.8, 4) is 0 Å². The molecule has 0 amide bonds. The zero-order valence-corrected chi connectivity index (χ0v) is 5.34. The second-order valence-corrected chi connectivity index (χ2v) is 4.18. The van der Waals surface area contributed by atoms with Crippen LogP contribution in [-0.2, 0) is 4.79 Å². The van der Waals surface area contributed by atoms with Gasteiger partial charge in [-0.2, -0.15) is 0 Å². The Labute approximate surface area is 47.5 Å². The van der Waals surface area contributed by atoms with Gasteiger partial charge in [0.1, 0.15) is 0 Å². The van der Waals surface area contributed by atoms with E-state index in [1.165, 1.54) is 11.8 Å². The first-order chi connectivity index (χ1) is 3.10. The molecule has 7 heavy (non-hydrogen) atoms. The molecule has 0 atom stereocenters. The van der Waals surface area contributed by atoms with Gasteiger partial charge in [-0.25, -0.2) is 0 Å². The molecular weight excluding hydrogens is 108 g/mol. The maximum absolute atomic E-state index is 10.3. The number of thioether (sulfide) groups is 1. The molecule has 40 valence electrons. The molecule has 0 bridgehead atoms. The summed E-state index contributed by atoms with van der Waals surface area (Å²) in [5.41, 5.74) is 0. The highest BCUT2D eigenvalue weighted by Crippen LogP contribution is 2.40. The Kier molecular flexibility index (Phi) is 0.921. The summed E-state index contributed by atoms with van der Waals surface area (Å²) in [6.45, 7) is 4.16. The van der Waals surface area contributed by atoms with Crippen molar-refractivity contribution in [1.29, 1.82) is 0 Å². The standard InChI is InChI=1S/C5H8OS/c1-5(2)3-4(6)7-5/h3H2,1-2H3. The quantitative estimate of drug-likeness (QED) is 0.476. The van der Waals surface area contributed by atoms with Crippen LogP contribution in [-0.4, -0.2) is 9.86 Å². The van der Waals surface area contributed by atoms with Gasteiger partial charge in [0, 0.05) is 11.2 Å². The topological polar surface area (TPSA) is 17.1 Å². The molecule has 0 aromatic heterocycles. The van der Waals surface area contributed by atoms with E-state index in [1.54, 1.807) is 0 Å². The Bertz CT molecular complexity index is 96.6. The number of hydrogen-bond acceptors (Lipinski definition) is 2. The number of carbonyl (C=O) groups excluding carboxylic acids is 1. The third kappa shape index (κ3) is 0.969. The van der Waals surface area contributed by atoms with Gasteiger partial charge < -0.3 is 0 Å². The predicted molar refractivity (Wildman–Crippen MR) is 31.3 cm³/mol. The molecule has 1 saturated heterocycles. The van der Waals surface area contributed by atoms with Crippen molar-refractivity contribution in [2.75, 3.05) is 0 Å². The van der Waals surface area contributed by atoms with E-state index in [0.29, 0.717) is 5.12 Å². The second kappa shape index (κ2) is 1.25. The molecule has 0 N–H and O–H groups in total. The summed E-state index contributed by atoms with van der Waals surface area (Å²) >= 11 is 1.45. The van der Waals surface area contributed by atoms with Crippen molar-refractivity contribution >= 4 is 16.9 Å². The minimum atomic E-state index is 0.261. The summed E-state index contributed by atoms with van der Waals surface area (Å²) in [5.74, 6) is 0. The fourth-order valence-corrected chi connectivity index (χ4v) is 1.65. The molecule has 1 fully saturated rings. The molecule has 0 unspecified atom stereocenters. The molecule has 2 heteroatoms. The molecule has 1 rings (SSSR count). The van der Waals surface area contributed by atoms with Crippen molar-refractivity contribution in [1.82, 2.24) is 0 Å². The van der Waals surface area contributed by atoms with Gasteiger partial charge in [-0.1, -0.05) is 11.8 Å². The average molecular weight is 116 g/mol. The van der Waals surface area contributed by atoms with Crippen molar-refractivity contribution in [3.05, 3.63) is 0 Å². The van der Waals surface area contributed by atoms with Crippen molar-refractivity contribution in [3.63, 3.8) is 0 Å². The number of hydrogen-bond donors (Lipinski definition) is 0. The predicted octanol–water partition coefficient (Wildman–Crippen LogP) is 1.43. The van der Waals surface area contributed by atoms with Crippen LogP contribution in [0.2, 0.25) is 0 Å². The van der Waals surface area contributed by atoms with Crippen LogP contribution in [0.15, 0.2) is 0 Å². The Morgan fingerprint density at radius 1 is 1.71 bits per heavy atom. The lowest BCUT2D eigenvalue weighted by Crippen LogP contribution is -2.30. The maximum atomic E-state index is 10.3. The molecule has 0 spiro atoms. The summed E-state index contributed by atoms with van der Waals surface area (Å²) in [5, 5.41) is 0.338. The Balaban J connectivity index is 2.43. The molecular formula is C5H8OS. The molecule has 0 saturated carbocycles. The molecule has 1 aliphatic rings. The van der Waals surface area contributed by atoms with Gasteiger partial charge in [0.25, 0.3) is 0 Å². The van der Waals surface area contributed by atoms with Gasteiger partial charge in [-0.15, -0.1) is 0 Å². The Hall–Kier alpha value is 0.0200. The number of carbonyl (C=O) groups is 1. The normalized spacial score (nSPS) is 26.9. The van der Waals surface area contributed by atoms with Crippen LogP contribution in [0.5, 0.6) is 0 Å². The van der Waals surface area contributed by atoms with Gasteiger partial charge in [-0.3, -0.25) is 4.79 Å². The highest BCUT2D eigenvalue weighted by molar-refractivity contribution is 8.16. The van der Waals surface area contributed by atoms with Crippen LogP contribution in [0.3, 0.4) is 0 Å². The van der Waals surface area contributed by atoms with Crippen LogP contribution in [0.25, 0.3) is 0 Å². The summed E-state index contributed by atoms with van der Waals surface area (Å²) < 4.78 is 0.261. The van der Waals surface area contributed by atoms with E-state index in [-0.39, 0.29) is 4.75 Å². The van der Waals surface area contributed by atoms with E-state index >= 15 is 0 Å². The third-order valence-electron chi connectivity index (χ3n) is 0.960. The molecule has 0 aromatic carbocycles. The minimum Gasteiger partial charge on any atom is -0.287 e. The second-order valence-electron chi connectivity index (χ2n) is 2.41. The van der Waals surface area contributed by atoms with Gasteiger partial charge >= 0.3 is 0 Å². The maximum Gasteiger partial charge on any atom is 0.190 e. The highest BCUT2D eigenvalue weighted by atomic mass is 32.2. The fourth-order valence-electron chi connectivity index (χ4n) is 0.647. The summed E-state index contributed by atoms with van der Waals surface area (Å²) in [6.07, 6.45) is 0.762.